The maximum Gasteiger partial charge on any atom is 0.261 e. The van der Waals surface area contributed by atoms with Crippen LogP contribution in [0.5, 0.6) is 0 Å². The fourth-order valence-corrected chi connectivity index (χ4v) is 3.24. The van der Waals surface area contributed by atoms with E-state index in [0.29, 0.717) is 17.5 Å². The lowest BCUT2D eigenvalue weighted by atomic mass is 10.0. The molecule has 0 bridgehead atoms. The number of benzene rings is 2. The van der Waals surface area contributed by atoms with Crippen LogP contribution >= 0.6 is 0 Å². The summed E-state index contributed by atoms with van der Waals surface area (Å²) in [7, 11) is -3.54. The molecule has 0 aliphatic heterocycles. The Morgan fingerprint density at radius 1 is 0.727 bits per heavy atom. The van der Waals surface area contributed by atoms with Gasteiger partial charge in [0, 0.05) is 5.69 Å². The zero-order chi connectivity index (χ0) is 16.3. The number of rotatable bonds is 5. The lowest BCUT2D eigenvalue weighted by molar-refractivity contribution is 0.601. The largest absolute Gasteiger partial charge is 0.280 e. The summed E-state index contributed by atoms with van der Waals surface area (Å²) < 4.78 is 27.4. The lowest BCUT2D eigenvalue weighted by Crippen LogP contribution is -2.13. The molecule has 118 valence electrons. The maximum absolute atomic E-state index is 12.4. The van der Waals surface area contributed by atoms with Gasteiger partial charge in [0.25, 0.3) is 10.0 Å². The zero-order valence-electron chi connectivity index (χ0n) is 13.5. The first kappa shape index (κ1) is 16.6. The van der Waals surface area contributed by atoms with E-state index >= 15 is 0 Å². The molecule has 3 nitrogen and oxygen atoms in total. The van der Waals surface area contributed by atoms with Gasteiger partial charge in [0.15, 0.2) is 0 Å². The SMILES string of the molecule is CC(C)c1ccc(NS(=O)(=O)c2ccc(C(C)C)cc2)cc1. The topological polar surface area (TPSA) is 46.2 Å². The standard InChI is InChI=1S/C18H23NO2S/c1-13(2)15-5-9-17(10-6-15)19-22(20,21)18-11-7-16(8-12-18)14(3)4/h5-14,19H,1-4H3. The van der Waals surface area contributed by atoms with Gasteiger partial charge >= 0.3 is 0 Å². The second kappa shape index (κ2) is 6.53. The van der Waals surface area contributed by atoms with Crippen molar-refractivity contribution in [3.63, 3.8) is 0 Å². The predicted molar refractivity (Wildman–Crippen MR) is 91.9 cm³/mol. The van der Waals surface area contributed by atoms with Crippen molar-refractivity contribution in [2.45, 2.75) is 44.4 Å². The van der Waals surface area contributed by atoms with Crippen molar-refractivity contribution in [3.8, 4) is 0 Å². The molecule has 0 aliphatic carbocycles. The Hall–Kier alpha value is -1.81. The second-order valence-corrected chi connectivity index (χ2v) is 7.79. The van der Waals surface area contributed by atoms with E-state index in [9.17, 15) is 8.42 Å². The van der Waals surface area contributed by atoms with Gasteiger partial charge < -0.3 is 0 Å². The fourth-order valence-electron chi connectivity index (χ4n) is 2.18. The van der Waals surface area contributed by atoms with Gasteiger partial charge in [-0.1, -0.05) is 52.0 Å². The van der Waals surface area contributed by atoms with Crippen LogP contribution in [0.1, 0.15) is 50.7 Å². The van der Waals surface area contributed by atoms with E-state index in [0.717, 1.165) is 5.56 Å². The van der Waals surface area contributed by atoms with Crippen LogP contribution in [-0.2, 0) is 10.0 Å². The van der Waals surface area contributed by atoms with Crippen LogP contribution in [-0.4, -0.2) is 8.42 Å². The van der Waals surface area contributed by atoms with Gasteiger partial charge in [-0.25, -0.2) is 8.42 Å². The van der Waals surface area contributed by atoms with Crippen molar-refractivity contribution in [1.82, 2.24) is 0 Å². The smallest absolute Gasteiger partial charge is 0.261 e. The Kier molecular flexibility index (Phi) is 4.91. The van der Waals surface area contributed by atoms with Crippen LogP contribution in [0.25, 0.3) is 0 Å². The Labute approximate surface area is 133 Å². The molecule has 0 saturated heterocycles. The molecule has 1 N–H and O–H groups in total. The molecule has 0 saturated carbocycles. The molecule has 0 fully saturated rings. The summed E-state index contributed by atoms with van der Waals surface area (Å²) in [6, 6.07) is 14.5. The normalized spacial score (nSPS) is 11.9. The molecule has 4 heteroatoms. The Balaban J connectivity index is 2.20. The van der Waals surface area contributed by atoms with Crippen molar-refractivity contribution in [3.05, 3.63) is 59.7 Å². The number of sulfonamides is 1. The lowest BCUT2D eigenvalue weighted by Gasteiger charge is -2.11. The molecular weight excluding hydrogens is 294 g/mol. The highest BCUT2D eigenvalue weighted by Gasteiger charge is 2.14. The summed E-state index contributed by atoms with van der Waals surface area (Å²) in [6.45, 7) is 8.38. The average Bonchev–Trinajstić information content (AvgIpc) is 2.47. The molecule has 22 heavy (non-hydrogen) atoms. The fraction of sp³-hybridized carbons (Fsp3) is 0.333. The van der Waals surface area contributed by atoms with Gasteiger partial charge in [-0.15, -0.1) is 0 Å². The van der Waals surface area contributed by atoms with Gasteiger partial charge in [0.05, 0.1) is 4.90 Å². The average molecular weight is 317 g/mol. The third-order valence-electron chi connectivity index (χ3n) is 3.69. The Morgan fingerprint density at radius 2 is 1.14 bits per heavy atom. The summed E-state index contributed by atoms with van der Waals surface area (Å²) >= 11 is 0. The van der Waals surface area contributed by atoms with E-state index in [2.05, 4.69) is 32.4 Å². The van der Waals surface area contributed by atoms with E-state index < -0.39 is 10.0 Å². The molecule has 0 amide bonds. The molecule has 2 aromatic carbocycles. The van der Waals surface area contributed by atoms with Crippen LogP contribution in [0.15, 0.2) is 53.4 Å². The first-order chi connectivity index (χ1) is 10.3. The van der Waals surface area contributed by atoms with E-state index in [1.54, 1.807) is 24.3 Å². The molecule has 2 rings (SSSR count). The van der Waals surface area contributed by atoms with Crippen LogP contribution in [0.3, 0.4) is 0 Å². The van der Waals surface area contributed by atoms with E-state index in [-0.39, 0.29) is 4.90 Å². The second-order valence-electron chi connectivity index (χ2n) is 6.11. The molecule has 0 spiro atoms. The quantitative estimate of drug-likeness (QED) is 0.866. The summed E-state index contributed by atoms with van der Waals surface area (Å²) in [4.78, 5) is 0.282. The summed E-state index contributed by atoms with van der Waals surface area (Å²) in [5.74, 6) is 0.808. The third-order valence-corrected chi connectivity index (χ3v) is 5.08. The molecule has 0 heterocycles. The van der Waals surface area contributed by atoms with Crippen molar-refractivity contribution in [2.75, 3.05) is 4.72 Å². The van der Waals surface area contributed by atoms with Gasteiger partial charge in [0.1, 0.15) is 0 Å². The molecule has 0 unspecified atom stereocenters. The first-order valence-corrected chi connectivity index (χ1v) is 9.00. The van der Waals surface area contributed by atoms with Gasteiger partial charge in [-0.2, -0.15) is 0 Å². The van der Waals surface area contributed by atoms with Gasteiger partial charge in [0.2, 0.25) is 0 Å². The van der Waals surface area contributed by atoms with Crippen molar-refractivity contribution < 1.29 is 8.42 Å². The monoisotopic (exact) mass is 317 g/mol. The van der Waals surface area contributed by atoms with Crippen LogP contribution in [0.4, 0.5) is 5.69 Å². The molecule has 2 aromatic rings. The first-order valence-electron chi connectivity index (χ1n) is 7.52. The van der Waals surface area contributed by atoms with Crippen LogP contribution in [0.2, 0.25) is 0 Å². The number of nitrogens with one attached hydrogen (secondary N) is 1. The molecule has 0 aliphatic rings. The van der Waals surface area contributed by atoms with Gasteiger partial charge in [-0.05, 0) is 47.2 Å². The Bertz CT molecular complexity index is 715. The van der Waals surface area contributed by atoms with Gasteiger partial charge in [-0.3, -0.25) is 4.72 Å². The summed E-state index contributed by atoms with van der Waals surface area (Å²) in [6.07, 6.45) is 0. The zero-order valence-corrected chi connectivity index (χ0v) is 14.3. The van der Waals surface area contributed by atoms with Crippen molar-refractivity contribution in [2.24, 2.45) is 0 Å². The minimum absolute atomic E-state index is 0.282. The molecule has 0 atom stereocenters. The number of anilines is 1. The Morgan fingerprint density at radius 3 is 1.55 bits per heavy atom. The highest BCUT2D eigenvalue weighted by molar-refractivity contribution is 7.92. The summed E-state index contributed by atoms with van der Waals surface area (Å²) in [5.41, 5.74) is 2.89. The van der Waals surface area contributed by atoms with Crippen molar-refractivity contribution in [1.29, 1.82) is 0 Å². The number of hydrogen-bond acceptors (Lipinski definition) is 2. The predicted octanol–water partition coefficient (Wildman–Crippen LogP) is 4.73. The molecule has 0 aromatic heterocycles. The van der Waals surface area contributed by atoms with E-state index in [4.69, 9.17) is 0 Å². The third kappa shape index (κ3) is 3.89. The maximum atomic E-state index is 12.4. The van der Waals surface area contributed by atoms with Crippen LogP contribution < -0.4 is 4.72 Å². The summed E-state index contributed by atoms with van der Waals surface area (Å²) in [5, 5.41) is 0. The molecule has 0 radical (unpaired) electrons. The molecular formula is C18H23NO2S. The minimum atomic E-state index is -3.54. The number of hydrogen-bond donors (Lipinski definition) is 1. The highest BCUT2D eigenvalue weighted by Crippen LogP contribution is 2.21. The van der Waals surface area contributed by atoms with E-state index in [1.807, 2.05) is 24.3 Å². The van der Waals surface area contributed by atoms with E-state index in [1.165, 1.54) is 5.56 Å². The highest BCUT2D eigenvalue weighted by atomic mass is 32.2. The minimum Gasteiger partial charge on any atom is -0.280 e. The van der Waals surface area contributed by atoms with Crippen molar-refractivity contribution >= 4 is 15.7 Å². The van der Waals surface area contributed by atoms with Crippen LogP contribution in [0, 0.1) is 0 Å².